The van der Waals surface area contributed by atoms with Crippen LogP contribution >= 0.6 is 23.5 Å². The van der Waals surface area contributed by atoms with Gasteiger partial charge in [0.05, 0.1) is 24.0 Å². The minimum absolute atomic E-state index is 0.107. The van der Waals surface area contributed by atoms with Crippen LogP contribution in [0.25, 0.3) is 0 Å². The maximum atomic E-state index is 12.0. The second-order valence-corrected chi connectivity index (χ2v) is 7.37. The van der Waals surface area contributed by atoms with E-state index in [1.807, 2.05) is 40.3 Å². The Bertz CT molecular complexity index is 662. The van der Waals surface area contributed by atoms with Gasteiger partial charge in [0.15, 0.2) is 0 Å². The van der Waals surface area contributed by atoms with Crippen molar-refractivity contribution in [3.8, 4) is 0 Å². The van der Waals surface area contributed by atoms with E-state index in [0.29, 0.717) is 12.4 Å². The first kappa shape index (κ1) is 17.9. The topological polar surface area (TPSA) is 66.5 Å². The first-order valence-corrected chi connectivity index (χ1v) is 9.16. The molecule has 0 fully saturated rings. The number of furan rings is 1. The normalized spacial score (nSPS) is 11.2. The fourth-order valence-electron chi connectivity index (χ4n) is 1.91. The zero-order valence-corrected chi connectivity index (χ0v) is 15.5. The molecule has 0 atom stereocenters. The molecule has 7 nitrogen and oxygen atoms in total. The van der Waals surface area contributed by atoms with Crippen molar-refractivity contribution in [2.45, 2.75) is 12.3 Å². The van der Waals surface area contributed by atoms with Crippen LogP contribution in [0.15, 0.2) is 21.3 Å². The van der Waals surface area contributed by atoms with Gasteiger partial charge >= 0.3 is 5.56 Å². The molecule has 2 aromatic heterocycles. The Morgan fingerprint density at radius 1 is 1.30 bits per heavy atom. The molecule has 0 unspecified atom stereocenters. The summed E-state index contributed by atoms with van der Waals surface area (Å²) in [4.78, 5) is 15.8. The molecule has 0 bridgehead atoms. The molecular weight excluding hydrogens is 334 g/mol. The molecule has 0 aromatic carbocycles. The maximum absolute atomic E-state index is 12.0. The van der Waals surface area contributed by atoms with Crippen LogP contribution in [0.4, 0.5) is 5.82 Å². The molecule has 0 saturated heterocycles. The minimum atomic E-state index is -0.107. The molecule has 0 aliphatic heterocycles. The van der Waals surface area contributed by atoms with Crippen LogP contribution in [0.1, 0.15) is 11.5 Å². The van der Waals surface area contributed by atoms with E-state index in [1.54, 1.807) is 16.7 Å². The number of anilines is 1. The van der Waals surface area contributed by atoms with Crippen LogP contribution in [0.2, 0.25) is 0 Å². The van der Waals surface area contributed by atoms with E-state index in [1.165, 1.54) is 4.07 Å². The van der Waals surface area contributed by atoms with Crippen molar-refractivity contribution >= 4 is 29.3 Å². The average Bonchev–Trinajstić information content (AvgIpc) is 3.05. The van der Waals surface area contributed by atoms with Crippen molar-refractivity contribution in [2.24, 2.45) is 0 Å². The number of nitrogens with zero attached hydrogens (tertiary/aromatic N) is 4. The van der Waals surface area contributed by atoms with Gasteiger partial charge < -0.3 is 19.6 Å². The molecule has 0 radical (unpaired) electrons. The third-order valence-electron chi connectivity index (χ3n) is 2.94. The highest BCUT2D eigenvalue weighted by atomic mass is 32.2. The van der Waals surface area contributed by atoms with E-state index < -0.39 is 0 Å². The number of rotatable bonds is 9. The Morgan fingerprint density at radius 2 is 2.04 bits per heavy atom. The molecule has 23 heavy (non-hydrogen) atoms. The van der Waals surface area contributed by atoms with Crippen molar-refractivity contribution in [2.75, 3.05) is 50.8 Å². The summed E-state index contributed by atoms with van der Waals surface area (Å²) in [5.74, 6) is 4.13. The fraction of sp³-hybridized carbons (Fsp3) is 0.571. The third kappa shape index (κ3) is 5.29. The lowest BCUT2D eigenvalue weighted by atomic mass is 10.4. The Morgan fingerprint density at radius 3 is 2.70 bits per heavy atom. The molecule has 0 aliphatic rings. The van der Waals surface area contributed by atoms with Gasteiger partial charge in [-0.2, -0.15) is 20.2 Å². The number of hydrogen-bond donors (Lipinski definition) is 1. The van der Waals surface area contributed by atoms with Crippen molar-refractivity contribution in [1.29, 1.82) is 0 Å². The molecule has 0 spiro atoms. The van der Waals surface area contributed by atoms with Gasteiger partial charge in [-0.3, -0.25) is 4.79 Å². The summed E-state index contributed by atoms with van der Waals surface area (Å²) in [5, 5.41) is 0. The quantitative estimate of drug-likeness (QED) is 0.682. The number of thioether (sulfide) groups is 1. The van der Waals surface area contributed by atoms with Gasteiger partial charge in [-0.15, -0.1) is 0 Å². The van der Waals surface area contributed by atoms with Crippen LogP contribution in [0, 0.1) is 0 Å². The van der Waals surface area contributed by atoms with Crippen LogP contribution in [-0.4, -0.2) is 53.8 Å². The average molecular weight is 358 g/mol. The van der Waals surface area contributed by atoms with Gasteiger partial charge in [-0.05, 0) is 26.2 Å². The lowest BCUT2D eigenvalue weighted by Gasteiger charge is -2.06. The second kappa shape index (κ2) is 8.42. The first-order chi connectivity index (χ1) is 11.0. The monoisotopic (exact) mass is 357 g/mol. The molecular formula is C14H23N5O2S2. The molecule has 128 valence electrons. The van der Waals surface area contributed by atoms with Gasteiger partial charge in [0.25, 0.3) is 0 Å². The molecule has 2 rings (SSSR count). The molecule has 9 heteroatoms. The summed E-state index contributed by atoms with van der Waals surface area (Å²) in [6.07, 6.45) is 0. The Kier molecular flexibility index (Phi) is 6.55. The number of aromatic nitrogens is 2. The predicted octanol–water partition coefficient (Wildman–Crippen LogP) is 1.50. The summed E-state index contributed by atoms with van der Waals surface area (Å²) < 4.78 is 11.3. The van der Waals surface area contributed by atoms with Crippen LogP contribution in [-0.2, 0) is 12.3 Å². The highest BCUT2D eigenvalue weighted by Crippen LogP contribution is 2.16. The molecule has 0 saturated carbocycles. The van der Waals surface area contributed by atoms with Gasteiger partial charge in [0, 0.05) is 26.4 Å². The van der Waals surface area contributed by atoms with Gasteiger partial charge in [0.2, 0.25) is 5.82 Å². The van der Waals surface area contributed by atoms with Crippen LogP contribution in [0.5, 0.6) is 0 Å². The van der Waals surface area contributed by atoms with Crippen molar-refractivity contribution in [3.05, 3.63) is 34.0 Å². The van der Waals surface area contributed by atoms with Gasteiger partial charge in [-0.25, -0.2) is 0 Å². The smallest absolute Gasteiger partial charge is 0.323 e. The van der Waals surface area contributed by atoms with Crippen molar-refractivity contribution < 1.29 is 4.42 Å². The summed E-state index contributed by atoms with van der Waals surface area (Å²) in [7, 11) is 7.66. The van der Waals surface area contributed by atoms with E-state index >= 15 is 0 Å². The Labute approximate surface area is 144 Å². The summed E-state index contributed by atoms with van der Waals surface area (Å²) in [6.45, 7) is 1.51. The van der Waals surface area contributed by atoms with E-state index in [0.717, 1.165) is 41.3 Å². The van der Waals surface area contributed by atoms with E-state index in [9.17, 15) is 4.79 Å². The van der Waals surface area contributed by atoms with E-state index in [-0.39, 0.29) is 5.56 Å². The summed E-state index contributed by atoms with van der Waals surface area (Å²) in [6, 6.07) is 4.05. The van der Waals surface area contributed by atoms with Crippen LogP contribution < -0.4 is 15.9 Å². The zero-order chi connectivity index (χ0) is 16.8. The maximum Gasteiger partial charge on any atom is 0.323 e. The van der Waals surface area contributed by atoms with Gasteiger partial charge in [0.1, 0.15) is 11.5 Å². The first-order valence-electron chi connectivity index (χ1n) is 7.28. The second-order valence-electron chi connectivity index (χ2n) is 5.56. The summed E-state index contributed by atoms with van der Waals surface area (Å²) in [5.41, 5.74) is 2.97. The molecule has 1 N–H and O–H groups in total. The SMILES string of the molecule is CN(C)Cc1ccc(CSCCNn2snc(N(C)C)c2=O)o1. The summed E-state index contributed by atoms with van der Waals surface area (Å²) >= 11 is 2.90. The standard InChI is InChI=1S/C14H23N5O2S2/c1-17(2)9-11-5-6-12(21-11)10-22-8-7-15-19-14(20)13(16-23-19)18(3)4/h5-6,15H,7-10H2,1-4H3. The van der Waals surface area contributed by atoms with Crippen molar-refractivity contribution in [3.63, 3.8) is 0 Å². The number of nitrogens with one attached hydrogen (secondary N) is 1. The third-order valence-corrected chi connectivity index (χ3v) is 4.64. The van der Waals surface area contributed by atoms with E-state index in [2.05, 4.69) is 14.7 Å². The van der Waals surface area contributed by atoms with E-state index in [4.69, 9.17) is 4.42 Å². The van der Waals surface area contributed by atoms with Crippen LogP contribution in [0.3, 0.4) is 0 Å². The zero-order valence-electron chi connectivity index (χ0n) is 13.9. The predicted molar refractivity (Wildman–Crippen MR) is 97.2 cm³/mol. The van der Waals surface area contributed by atoms with Crippen molar-refractivity contribution in [1.82, 2.24) is 13.3 Å². The highest BCUT2D eigenvalue weighted by Gasteiger charge is 2.09. The minimum Gasteiger partial charge on any atom is -0.464 e. The molecule has 0 aliphatic carbocycles. The highest BCUT2D eigenvalue weighted by molar-refractivity contribution is 7.98. The number of hydrogen-bond acceptors (Lipinski definition) is 8. The Hall–Kier alpha value is -1.45. The fourth-order valence-corrected chi connectivity index (χ4v) is 3.35. The molecule has 0 amide bonds. The molecule has 2 aromatic rings. The lowest BCUT2D eigenvalue weighted by Crippen LogP contribution is -2.28. The lowest BCUT2D eigenvalue weighted by molar-refractivity contribution is 0.344. The van der Waals surface area contributed by atoms with Gasteiger partial charge in [-0.1, -0.05) is 0 Å². The molecule has 2 heterocycles. The Balaban J connectivity index is 1.70. The largest absolute Gasteiger partial charge is 0.464 e.